The van der Waals surface area contributed by atoms with Crippen molar-refractivity contribution in [3.8, 4) is 0 Å². The van der Waals surface area contributed by atoms with Crippen LogP contribution in [-0.2, 0) is 11.3 Å². The van der Waals surface area contributed by atoms with E-state index in [0.717, 1.165) is 25.3 Å². The summed E-state index contributed by atoms with van der Waals surface area (Å²) in [5.74, 6) is -0.0193. The first kappa shape index (κ1) is 15.1. The fraction of sp³-hybridized carbons (Fsp3) is 0.615. The van der Waals surface area contributed by atoms with Gasteiger partial charge in [-0.1, -0.05) is 0 Å². The topological polar surface area (TPSA) is 44.4 Å². The molecular weight excluding hydrogens is 246 g/mol. The van der Waals surface area contributed by atoms with Crippen LogP contribution in [0.4, 0.5) is 5.69 Å². The van der Waals surface area contributed by atoms with Gasteiger partial charge in [-0.05, 0) is 32.3 Å². The van der Waals surface area contributed by atoms with E-state index in [2.05, 4.69) is 36.4 Å². The van der Waals surface area contributed by atoms with Crippen LogP contribution >= 0.6 is 11.3 Å². The highest BCUT2D eigenvalue weighted by Gasteiger charge is 2.06. The Labute approximate surface area is 113 Å². The van der Waals surface area contributed by atoms with E-state index in [4.69, 9.17) is 0 Å². The van der Waals surface area contributed by atoms with E-state index in [1.54, 1.807) is 11.3 Å². The molecule has 1 heterocycles. The summed E-state index contributed by atoms with van der Waals surface area (Å²) in [6.45, 7) is 8.69. The number of rotatable bonds is 7. The van der Waals surface area contributed by atoms with Gasteiger partial charge in [0, 0.05) is 37.5 Å². The summed E-state index contributed by atoms with van der Waals surface area (Å²) in [5, 5.41) is 8.25. The van der Waals surface area contributed by atoms with E-state index in [0.29, 0.717) is 6.04 Å². The van der Waals surface area contributed by atoms with Crippen molar-refractivity contribution in [1.82, 2.24) is 10.2 Å². The van der Waals surface area contributed by atoms with Gasteiger partial charge in [0.05, 0.1) is 5.69 Å². The van der Waals surface area contributed by atoms with Crippen LogP contribution in [0.1, 0.15) is 25.6 Å². The average Bonchev–Trinajstić information content (AvgIpc) is 2.70. The van der Waals surface area contributed by atoms with Crippen molar-refractivity contribution >= 4 is 22.9 Å². The molecule has 0 radical (unpaired) electrons. The minimum Gasteiger partial charge on any atom is -0.325 e. The Morgan fingerprint density at radius 1 is 1.50 bits per heavy atom. The van der Waals surface area contributed by atoms with Crippen LogP contribution in [-0.4, -0.2) is 37.0 Å². The molecule has 102 valence electrons. The Morgan fingerprint density at radius 3 is 2.83 bits per heavy atom. The molecule has 0 bridgehead atoms. The molecule has 0 aromatic carbocycles. The van der Waals surface area contributed by atoms with E-state index < -0.39 is 0 Å². The summed E-state index contributed by atoms with van der Waals surface area (Å²) in [6.07, 6.45) is 0. The molecule has 0 aliphatic rings. The summed E-state index contributed by atoms with van der Waals surface area (Å²) in [5.41, 5.74) is 0.928. The SMILES string of the molecule is CC(=O)Nc1ccsc1CNCCN(C)C(C)C. The number of anilines is 1. The molecule has 4 nitrogen and oxygen atoms in total. The highest BCUT2D eigenvalue weighted by atomic mass is 32.1. The minimum absolute atomic E-state index is 0.0193. The van der Waals surface area contributed by atoms with Gasteiger partial charge in [0.2, 0.25) is 5.91 Å². The Morgan fingerprint density at radius 2 is 2.22 bits per heavy atom. The molecule has 0 fully saturated rings. The zero-order valence-corrected chi connectivity index (χ0v) is 12.4. The number of nitrogens with zero attached hydrogens (tertiary/aromatic N) is 1. The van der Waals surface area contributed by atoms with Crippen LogP contribution < -0.4 is 10.6 Å². The molecule has 18 heavy (non-hydrogen) atoms. The predicted molar refractivity (Wildman–Crippen MR) is 78.1 cm³/mol. The average molecular weight is 269 g/mol. The maximum absolute atomic E-state index is 11.0. The van der Waals surface area contributed by atoms with Gasteiger partial charge in [-0.15, -0.1) is 11.3 Å². The van der Waals surface area contributed by atoms with Gasteiger partial charge in [-0.2, -0.15) is 0 Å². The Kier molecular flexibility index (Phi) is 6.32. The summed E-state index contributed by atoms with van der Waals surface area (Å²) in [6, 6.07) is 2.52. The molecule has 1 aromatic heterocycles. The number of likely N-dealkylation sites (N-methyl/N-ethyl adjacent to an activating group) is 1. The maximum atomic E-state index is 11.0. The third-order valence-corrected chi connectivity index (χ3v) is 3.79. The molecule has 0 saturated carbocycles. The number of nitrogens with one attached hydrogen (secondary N) is 2. The minimum atomic E-state index is -0.0193. The van der Waals surface area contributed by atoms with Gasteiger partial charge in [0.15, 0.2) is 0 Å². The van der Waals surface area contributed by atoms with Crippen molar-refractivity contribution < 1.29 is 4.79 Å². The number of carbonyl (C=O) groups excluding carboxylic acids is 1. The number of thiophene rings is 1. The van der Waals surface area contributed by atoms with Crippen molar-refractivity contribution in [3.63, 3.8) is 0 Å². The van der Waals surface area contributed by atoms with Gasteiger partial charge < -0.3 is 15.5 Å². The monoisotopic (exact) mass is 269 g/mol. The third-order valence-electron chi connectivity index (χ3n) is 2.86. The van der Waals surface area contributed by atoms with Gasteiger partial charge in [0.25, 0.3) is 0 Å². The molecule has 1 amide bonds. The van der Waals surface area contributed by atoms with Crippen LogP contribution in [0.3, 0.4) is 0 Å². The van der Waals surface area contributed by atoms with Crippen LogP contribution in [0.25, 0.3) is 0 Å². The molecule has 0 aliphatic carbocycles. The van der Waals surface area contributed by atoms with Crippen LogP contribution in [0.15, 0.2) is 11.4 Å². The summed E-state index contributed by atoms with van der Waals surface area (Å²) >= 11 is 1.67. The lowest BCUT2D eigenvalue weighted by Gasteiger charge is -2.20. The van der Waals surface area contributed by atoms with Crippen molar-refractivity contribution in [3.05, 3.63) is 16.3 Å². The van der Waals surface area contributed by atoms with E-state index in [1.807, 2.05) is 11.4 Å². The molecule has 0 spiro atoms. The zero-order valence-electron chi connectivity index (χ0n) is 11.6. The van der Waals surface area contributed by atoms with Crippen molar-refractivity contribution in [2.24, 2.45) is 0 Å². The third kappa shape index (κ3) is 5.16. The maximum Gasteiger partial charge on any atom is 0.221 e. The van der Waals surface area contributed by atoms with Crippen molar-refractivity contribution in [1.29, 1.82) is 0 Å². The standard InChI is InChI=1S/C13H23N3OS/c1-10(2)16(4)7-6-14-9-13-12(5-8-18-13)15-11(3)17/h5,8,10,14H,6-7,9H2,1-4H3,(H,15,17). The number of carbonyl (C=O) groups is 1. The fourth-order valence-electron chi connectivity index (χ4n) is 1.49. The molecule has 1 aromatic rings. The van der Waals surface area contributed by atoms with E-state index in [-0.39, 0.29) is 5.91 Å². The summed E-state index contributed by atoms with van der Waals surface area (Å²) < 4.78 is 0. The largest absolute Gasteiger partial charge is 0.325 e. The Hall–Kier alpha value is -0.910. The number of amides is 1. The highest BCUT2D eigenvalue weighted by molar-refractivity contribution is 7.10. The lowest BCUT2D eigenvalue weighted by molar-refractivity contribution is -0.114. The smallest absolute Gasteiger partial charge is 0.221 e. The van der Waals surface area contributed by atoms with Gasteiger partial charge >= 0.3 is 0 Å². The molecule has 2 N–H and O–H groups in total. The molecule has 0 unspecified atom stereocenters. The van der Waals surface area contributed by atoms with Crippen LogP contribution in [0.2, 0.25) is 0 Å². The van der Waals surface area contributed by atoms with Gasteiger partial charge in [-0.25, -0.2) is 0 Å². The van der Waals surface area contributed by atoms with Gasteiger partial charge in [0.1, 0.15) is 0 Å². The highest BCUT2D eigenvalue weighted by Crippen LogP contribution is 2.21. The second-order valence-electron chi connectivity index (χ2n) is 4.69. The molecule has 1 rings (SSSR count). The van der Waals surface area contributed by atoms with Crippen molar-refractivity contribution in [2.75, 3.05) is 25.5 Å². The van der Waals surface area contributed by atoms with Crippen molar-refractivity contribution in [2.45, 2.75) is 33.4 Å². The fourth-order valence-corrected chi connectivity index (χ4v) is 2.29. The quantitative estimate of drug-likeness (QED) is 0.745. The molecule has 5 heteroatoms. The first-order chi connectivity index (χ1) is 8.50. The number of hydrogen-bond donors (Lipinski definition) is 2. The molecule has 0 atom stereocenters. The lowest BCUT2D eigenvalue weighted by Crippen LogP contribution is -2.33. The van der Waals surface area contributed by atoms with E-state index in [1.165, 1.54) is 11.8 Å². The lowest BCUT2D eigenvalue weighted by atomic mass is 10.3. The summed E-state index contributed by atoms with van der Waals surface area (Å²) in [7, 11) is 2.13. The van der Waals surface area contributed by atoms with Crippen LogP contribution in [0, 0.1) is 0 Å². The molecular formula is C13H23N3OS. The normalized spacial score (nSPS) is 11.2. The first-order valence-corrected chi connectivity index (χ1v) is 7.13. The Bertz CT molecular complexity index is 376. The first-order valence-electron chi connectivity index (χ1n) is 6.25. The predicted octanol–water partition coefficient (Wildman–Crippen LogP) is 2.14. The summed E-state index contributed by atoms with van der Waals surface area (Å²) in [4.78, 5) is 14.5. The molecule has 0 saturated heterocycles. The second-order valence-corrected chi connectivity index (χ2v) is 5.69. The second kappa shape index (κ2) is 7.51. The van der Waals surface area contributed by atoms with Gasteiger partial charge in [-0.3, -0.25) is 4.79 Å². The number of hydrogen-bond acceptors (Lipinski definition) is 4. The zero-order chi connectivity index (χ0) is 13.5. The molecule has 0 aliphatic heterocycles. The van der Waals surface area contributed by atoms with Crippen LogP contribution in [0.5, 0.6) is 0 Å². The van der Waals surface area contributed by atoms with E-state index in [9.17, 15) is 4.79 Å². The van der Waals surface area contributed by atoms with E-state index >= 15 is 0 Å². The Balaban J connectivity index is 2.31.